The molecule has 0 fully saturated rings. The summed E-state index contributed by atoms with van der Waals surface area (Å²) in [6.45, 7) is 3.92. The van der Waals surface area contributed by atoms with Crippen molar-refractivity contribution in [2.75, 3.05) is 0 Å². The van der Waals surface area contributed by atoms with Gasteiger partial charge < -0.3 is 9.52 Å². The van der Waals surface area contributed by atoms with Gasteiger partial charge in [0, 0.05) is 9.13 Å². The highest BCUT2D eigenvalue weighted by molar-refractivity contribution is 14.1. The number of nitrogens with zero attached hydrogens (tertiary/aromatic N) is 1. The third kappa shape index (κ3) is 3.68. The minimum absolute atomic E-state index is 0.147. The second-order valence-electron chi connectivity index (χ2n) is 6.32. The van der Waals surface area contributed by atoms with Crippen LogP contribution in [0.15, 0.2) is 69.9 Å². The van der Waals surface area contributed by atoms with Gasteiger partial charge in [0.1, 0.15) is 11.5 Å². The highest BCUT2D eigenvalue weighted by Gasteiger charge is 2.14. The molecule has 0 aliphatic rings. The second-order valence-corrected chi connectivity index (χ2v) is 7.56. The van der Waals surface area contributed by atoms with Gasteiger partial charge in [-0.1, -0.05) is 24.8 Å². The molecule has 0 aliphatic heterocycles. The van der Waals surface area contributed by atoms with Crippen LogP contribution in [0.1, 0.15) is 16.1 Å². The molecule has 2 N–H and O–H groups in total. The molecular formula is C22H15IN2O4. The third-order valence-corrected chi connectivity index (χ3v) is 5.15. The van der Waals surface area contributed by atoms with Gasteiger partial charge in [-0.3, -0.25) is 9.89 Å². The lowest BCUT2D eigenvalue weighted by atomic mass is 10.1. The molecule has 2 aromatic carbocycles. The minimum atomic E-state index is -1.03. The number of carbonyl (C=O) groups is 1. The lowest BCUT2D eigenvalue weighted by Crippen LogP contribution is -2.33. The van der Waals surface area contributed by atoms with Gasteiger partial charge in [0.25, 0.3) is 5.56 Å². The first-order chi connectivity index (χ1) is 13.9. The highest BCUT2D eigenvalue weighted by atomic mass is 127. The first kappa shape index (κ1) is 19.0. The number of furan rings is 1. The number of benzene rings is 2. The van der Waals surface area contributed by atoms with E-state index in [1.54, 1.807) is 36.4 Å². The van der Waals surface area contributed by atoms with Gasteiger partial charge in [-0.25, -0.2) is 9.48 Å². The zero-order valence-electron chi connectivity index (χ0n) is 15.1. The molecule has 0 bridgehead atoms. The molecular weight excluding hydrogens is 483 g/mol. The number of hydrogen-bond acceptors (Lipinski definition) is 3. The number of rotatable bonds is 4. The van der Waals surface area contributed by atoms with E-state index in [1.807, 2.05) is 24.3 Å². The van der Waals surface area contributed by atoms with E-state index in [2.05, 4.69) is 34.3 Å². The van der Waals surface area contributed by atoms with Crippen LogP contribution in [-0.4, -0.2) is 20.9 Å². The molecule has 4 rings (SSSR count). The average molecular weight is 498 g/mol. The summed E-state index contributed by atoms with van der Waals surface area (Å²) in [6.07, 6.45) is 1.59. The van der Waals surface area contributed by atoms with Crippen LogP contribution in [0.2, 0.25) is 0 Å². The van der Waals surface area contributed by atoms with Gasteiger partial charge in [0.2, 0.25) is 0 Å². The summed E-state index contributed by atoms with van der Waals surface area (Å²) in [5.74, 6) is -0.196. The van der Waals surface area contributed by atoms with Gasteiger partial charge >= 0.3 is 5.97 Å². The van der Waals surface area contributed by atoms with Crippen molar-refractivity contribution in [3.8, 4) is 17.0 Å². The molecule has 0 spiro atoms. The molecule has 0 saturated heterocycles. The van der Waals surface area contributed by atoms with Gasteiger partial charge in [-0.15, -0.1) is 0 Å². The monoisotopic (exact) mass is 498 g/mol. The molecule has 2 aromatic heterocycles. The van der Waals surface area contributed by atoms with E-state index < -0.39 is 5.97 Å². The molecule has 4 aromatic rings. The van der Waals surface area contributed by atoms with Crippen LogP contribution in [-0.2, 0) is 0 Å². The Morgan fingerprint density at radius 3 is 2.55 bits per heavy atom. The van der Waals surface area contributed by atoms with Crippen LogP contribution in [0.5, 0.6) is 0 Å². The zero-order chi connectivity index (χ0) is 20.5. The molecule has 0 unspecified atom stereocenters. The number of carboxylic acids is 1. The summed E-state index contributed by atoms with van der Waals surface area (Å²) in [5.41, 5.74) is 1.07. The number of aromatic nitrogens is 2. The lowest BCUT2D eigenvalue weighted by molar-refractivity contribution is 0.0697. The van der Waals surface area contributed by atoms with Crippen LogP contribution in [0.25, 0.3) is 29.7 Å². The number of halogens is 1. The Morgan fingerprint density at radius 2 is 1.83 bits per heavy atom. The first-order valence-electron chi connectivity index (χ1n) is 8.64. The summed E-state index contributed by atoms with van der Waals surface area (Å²) in [5, 5.41) is 13.2. The predicted octanol–water partition coefficient (Wildman–Crippen LogP) is 2.97. The summed E-state index contributed by atoms with van der Waals surface area (Å²) in [6, 6.07) is 17.5. The van der Waals surface area contributed by atoms with Crippen molar-refractivity contribution in [3.63, 3.8) is 0 Å². The molecule has 2 heterocycles. The lowest BCUT2D eigenvalue weighted by Gasteiger charge is -2.01. The van der Waals surface area contributed by atoms with Crippen molar-refractivity contribution >= 4 is 41.2 Å². The van der Waals surface area contributed by atoms with Crippen molar-refractivity contribution < 1.29 is 14.3 Å². The maximum absolute atomic E-state index is 12.8. The fraction of sp³-hybridized carbons (Fsp3) is 0. The summed E-state index contributed by atoms with van der Waals surface area (Å²) < 4.78 is 8.29. The largest absolute Gasteiger partial charge is 0.478 e. The van der Waals surface area contributed by atoms with Crippen molar-refractivity contribution in [2.24, 2.45) is 0 Å². The Labute approximate surface area is 178 Å². The quantitative estimate of drug-likeness (QED) is 0.424. The van der Waals surface area contributed by atoms with Gasteiger partial charge in [-0.05, 0) is 71.1 Å². The topological polar surface area (TPSA) is 88.2 Å². The third-order valence-electron chi connectivity index (χ3n) is 4.43. The number of aromatic amines is 1. The molecule has 0 atom stereocenters. The number of aromatic carboxylic acids is 1. The maximum Gasteiger partial charge on any atom is 0.336 e. The molecule has 0 saturated carbocycles. The smallest absolute Gasteiger partial charge is 0.336 e. The Balaban J connectivity index is 1.78. The SMILES string of the molecule is C=c1[nH]n(-c2ccc(I)cc2)c(=O)/c1=C\c1ccc(-c2ccccc2C(=O)O)o1. The van der Waals surface area contributed by atoms with E-state index in [1.165, 1.54) is 10.7 Å². The summed E-state index contributed by atoms with van der Waals surface area (Å²) in [7, 11) is 0. The summed E-state index contributed by atoms with van der Waals surface area (Å²) >= 11 is 2.20. The zero-order valence-corrected chi connectivity index (χ0v) is 17.2. The van der Waals surface area contributed by atoms with Crippen LogP contribution in [0.3, 0.4) is 0 Å². The molecule has 0 aliphatic carbocycles. The minimum Gasteiger partial charge on any atom is -0.478 e. The van der Waals surface area contributed by atoms with Crippen LogP contribution >= 0.6 is 22.6 Å². The molecule has 0 radical (unpaired) electrons. The van der Waals surface area contributed by atoms with E-state index in [4.69, 9.17) is 4.42 Å². The van der Waals surface area contributed by atoms with Crippen LogP contribution in [0, 0.1) is 3.57 Å². The fourth-order valence-electron chi connectivity index (χ4n) is 3.02. The van der Waals surface area contributed by atoms with Gasteiger partial charge in [-0.2, -0.15) is 0 Å². The van der Waals surface area contributed by atoms with Gasteiger partial charge in [0.05, 0.1) is 21.8 Å². The highest BCUT2D eigenvalue weighted by Crippen LogP contribution is 2.26. The standard InChI is InChI=1S/C22H15IN2O4/c1-13-19(21(26)25(24-13)15-8-6-14(23)7-9-15)12-16-10-11-20(29-16)17-4-2-3-5-18(17)22(27)28/h2-12,24H,1H2,(H,27,28)/b19-12-. The maximum atomic E-state index is 12.8. The predicted molar refractivity (Wildman–Crippen MR) is 119 cm³/mol. The Morgan fingerprint density at radius 1 is 1.10 bits per heavy atom. The molecule has 144 valence electrons. The van der Waals surface area contributed by atoms with Crippen molar-refractivity contribution in [2.45, 2.75) is 0 Å². The number of nitrogens with one attached hydrogen (secondary N) is 1. The molecule has 0 amide bonds. The summed E-state index contributed by atoms with van der Waals surface area (Å²) in [4.78, 5) is 24.3. The van der Waals surface area contributed by atoms with Crippen molar-refractivity contribution in [1.29, 1.82) is 0 Å². The Hall–Kier alpha value is -3.33. The molecule has 29 heavy (non-hydrogen) atoms. The Bertz CT molecular complexity index is 1380. The van der Waals surface area contributed by atoms with E-state index in [-0.39, 0.29) is 11.1 Å². The van der Waals surface area contributed by atoms with E-state index in [0.717, 1.165) is 3.57 Å². The average Bonchev–Trinajstić information content (AvgIpc) is 3.29. The normalized spacial score (nSPS) is 11.7. The van der Waals surface area contributed by atoms with E-state index in [9.17, 15) is 14.7 Å². The van der Waals surface area contributed by atoms with Crippen molar-refractivity contribution in [1.82, 2.24) is 9.78 Å². The second kappa shape index (κ2) is 7.59. The van der Waals surface area contributed by atoms with Gasteiger partial charge in [0.15, 0.2) is 0 Å². The molecule has 6 nitrogen and oxygen atoms in total. The fourth-order valence-corrected chi connectivity index (χ4v) is 3.38. The molecule has 7 heteroatoms. The van der Waals surface area contributed by atoms with Crippen molar-refractivity contribution in [3.05, 3.63) is 96.5 Å². The first-order valence-corrected chi connectivity index (χ1v) is 9.72. The number of H-pyrrole nitrogens is 1. The van der Waals surface area contributed by atoms with Crippen LogP contribution < -0.4 is 16.1 Å². The van der Waals surface area contributed by atoms with E-state index >= 15 is 0 Å². The Kier molecular flexibility index (Phi) is 4.98. The number of hydrogen-bond donors (Lipinski definition) is 2. The van der Waals surface area contributed by atoms with Crippen LogP contribution in [0.4, 0.5) is 0 Å². The number of carboxylic acid groups (broad SMARTS) is 1. The van der Waals surface area contributed by atoms with E-state index in [0.29, 0.717) is 33.3 Å².